The molecule has 0 amide bonds. The van der Waals surface area contributed by atoms with Crippen molar-refractivity contribution in [2.24, 2.45) is 0 Å². The average Bonchev–Trinajstić information content (AvgIpc) is 3.35. The number of nitrogens with zero attached hydrogens (tertiary/aromatic N) is 3. The van der Waals surface area contributed by atoms with Gasteiger partial charge < -0.3 is 14.2 Å². The fraction of sp³-hybridized carbons (Fsp3) is 0.379. The molecule has 2 aliphatic heterocycles. The van der Waals surface area contributed by atoms with Crippen molar-refractivity contribution in [1.29, 1.82) is 0 Å². The first-order chi connectivity index (χ1) is 19.6. The van der Waals surface area contributed by atoms with Gasteiger partial charge in [0.15, 0.2) is 4.90 Å². The standard InChI is InChI=1S/C29H31ClFN3O6S/c1-18(27-21(30)7-6-8-22(27)31)15-19-10-12-25-24(16-19)34(17-20(40-25)11-13-26(35)38-2)41(36,37)28-23-9-4-5-14-33(23)32-29(28)39-3/h6-8,10,12,15-16,20H,4-5,9,11,13-14,17H2,1-3H3. The number of methoxy groups -OCH3 is 2. The number of carbonyl (C=O) groups is 1. The maximum Gasteiger partial charge on any atom is 0.305 e. The molecule has 0 aliphatic carbocycles. The maximum absolute atomic E-state index is 14.6. The third kappa shape index (κ3) is 5.65. The van der Waals surface area contributed by atoms with Crippen molar-refractivity contribution in [1.82, 2.24) is 9.78 Å². The van der Waals surface area contributed by atoms with Gasteiger partial charge in [-0.05, 0) is 68.0 Å². The SMILES string of the molecule is COC(=O)CCC1CN(S(=O)(=O)c2c(OC)nn3c2CCCC3)c2cc(C=C(C)c3c(F)cccc3Cl)ccc2O1. The number of hydrogen-bond donors (Lipinski definition) is 0. The van der Waals surface area contributed by atoms with Crippen LogP contribution in [0.25, 0.3) is 11.6 Å². The molecule has 0 bridgehead atoms. The Bertz CT molecular complexity index is 1600. The Kier molecular flexibility index (Phi) is 8.28. The number of benzene rings is 2. The van der Waals surface area contributed by atoms with E-state index in [0.717, 1.165) is 12.8 Å². The highest BCUT2D eigenvalue weighted by atomic mass is 35.5. The molecular formula is C29H31ClFN3O6S. The lowest BCUT2D eigenvalue weighted by atomic mass is 10.0. The van der Waals surface area contributed by atoms with Crippen molar-refractivity contribution in [3.8, 4) is 11.6 Å². The number of anilines is 1. The fourth-order valence-corrected chi connectivity index (χ4v) is 7.46. The van der Waals surface area contributed by atoms with Gasteiger partial charge in [0.05, 0.1) is 37.2 Å². The van der Waals surface area contributed by atoms with Crippen LogP contribution in [-0.2, 0) is 32.5 Å². The number of allylic oxidation sites excluding steroid dienone is 1. The number of esters is 1. The predicted molar refractivity (Wildman–Crippen MR) is 153 cm³/mol. The van der Waals surface area contributed by atoms with Gasteiger partial charge in [0, 0.05) is 18.5 Å². The van der Waals surface area contributed by atoms with Crippen molar-refractivity contribution >= 4 is 44.9 Å². The average molecular weight is 604 g/mol. The molecule has 5 rings (SSSR count). The zero-order valence-electron chi connectivity index (χ0n) is 23.0. The van der Waals surface area contributed by atoms with E-state index in [1.807, 2.05) is 0 Å². The molecule has 3 aromatic rings. The molecule has 2 aromatic carbocycles. The number of halogens is 2. The van der Waals surface area contributed by atoms with Gasteiger partial charge in [-0.2, -0.15) is 0 Å². The van der Waals surface area contributed by atoms with E-state index >= 15 is 0 Å². The van der Waals surface area contributed by atoms with Crippen LogP contribution < -0.4 is 13.8 Å². The summed E-state index contributed by atoms with van der Waals surface area (Å²) in [5.41, 5.74) is 2.39. The van der Waals surface area contributed by atoms with E-state index in [1.165, 1.54) is 30.7 Å². The first kappa shape index (κ1) is 28.9. The van der Waals surface area contributed by atoms with E-state index in [2.05, 4.69) is 5.10 Å². The number of aromatic nitrogens is 2. The number of fused-ring (bicyclic) bond motifs is 2. The van der Waals surface area contributed by atoms with E-state index in [4.69, 9.17) is 25.8 Å². The van der Waals surface area contributed by atoms with Crippen LogP contribution in [0.1, 0.15) is 49.4 Å². The summed E-state index contributed by atoms with van der Waals surface area (Å²) in [6, 6.07) is 9.60. The molecule has 1 aromatic heterocycles. The minimum absolute atomic E-state index is 0.0363. The van der Waals surface area contributed by atoms with E-state index in [9.17, 15) is 17.6 Å². The van der Waals surface area contributed by atoms with Gasteiger partial charge in [-0.15, -0.1) is 5.10 Å². The Hall–Kier alpha value is -3.57. The third-order valence-corrected chi connectivity index (χ3v) is 9.47. The molecule has 0 saturated carbocycles. The van der Waals surface area contributed by atoms with Crippen LogP contribution in [0.2, 0.25) is 5.02 Å². The minimum atomic E-state index is -4.18. The predicted octanol–water partition coefficient (Wildman–Crippen LogP) is 5.49. The van der Waals surface area contributed by atoms with Gasteiger partial charge in [-0.3, -0.25) is 13.8 Å². The molecule has 0 radical (unpaired) electrons. The summed E-state index contributed by atoms with van der Waals surface area (Å²) in [6.45, 7) is 2.31. The van der Waals surface area contributed by atoms with Gasteiger partial charge in [-0.1, -0.05) is 29.8 Å². The minimum Gasteiger partial charge on any atom is -0.486 e. The van der Waals surface area contributed by atoms with Crippen molar-refractivity contribution in [2.75, 3.05) is 25.1 Å². The number of ether oxygens (including phenoxy) is 3. The van der Waals surface area contributed by atoms with Gasteiger partial charge in [0.1, 0.15) is 17.7 Å². The van der Waals surface area contributed by atoms with Gasteiger partial charge >= 0.3 is 5.97 Å². The lowest BCUT2D eigenvalue weighted by Crippen LogP contribution is -2.44. The number of carbonyl (C=O) groups excluding carboxylic acids is 1. The highest BCUT2D eigenvalue weighted by Gasteiger charge is 2.40. The molecular weight excluding hydrogens is 573 g/mol. The molecule has 0 spiro atoms. The van der Waals surface area contributed by atoms with Crippen LogP contribution in [0.15, 0.2) is 41.3 Å². The number of rotatable bonds is 8. The zero-order chi connectivity index (χ0) is 29.3. The molecule has 1 atom stereocenters. The Morgan fingerprint density at radius 1 is 1.24 bits per heavy atom. The second-order valence-electron chi connectivity index (χ2n) is 10.0. The summed E-state index contributed by atoms with van der Waals surface area (Å²) in [6.07, 6.45) is 3.75. The second-order valence-corrected chi connectivity index (χ2v) is 12.2. The Morgan fingerprint density at radius 2 is 2.05 bits per heavy atom. The topological polar surface area (TPSA) is 100.0 Å². The van der Waals surface area contributed by atoms with Crippen molar-refractivity contribution < 1.29 is 31.8 Å². The molecule has 3 heterocycles. The lowest BCUT2D eigenvalue weighted by Gasteiger charge is -2.35. The quantitative estimate of drug-likeness (QED) is 0.248. The first-order valence-electron chi connectivity index (χ1n) is 13.3. The maximum atomic E-state index is 14.6. The molecule has 1 unspecified atom stereocenters. The zero-order valence-corrected chi connectivity index (χ0v) is 24.6. The Morgan fingerprint density at radius 3 is 2.78 bits per heavy atom. The van der Waals surface area contributed by atoms with Crippen molar-refractivity contribution in [3.63, 3.8) is 0 Å². The molecule has 12 heteroatoms. The van der Waals surface area contributed by atoms with Crippen LogP contribution in [-0.4, -0.2) is 51.0 Å². The van der Waals surface area contributed by atoms with Crippen LogP contribution >= 0.6 is 11.6 Å². The van der Waals surface area contributed by atoms with E-state index in [-0.39, 0.29) is 40.7 Å². The molecule has 218 valence electrons. The monoisotopic (exact) mass is 603 g/mol. The summed E-state index contributed by atoms with van der Waals surface area (Å²) >= 11 is 6.27. The van der Waals surface area contributed by atoms with Crippen LogP contribution in [0.4, 0.5) is 10.1 Å². The van der Waals surface area contributed by atoms with E-state index in [0.29, 0.717) is 41.2 Å². The van der Waals surface area contributed by atoms with Gasteiger partial charge in [0.2, 0.25) is 0 Å². The summed E-state index contributed by atoms with van der Waals surface area (Å²) in [4.78, 5) is 11.9. The van der Waals surface area contributed by atoms with Crippen LogP contribution in [0.3, 0.4) is 0 Å². The van der Waals surface area contributed by atoms with Crippen LogP contribution in [0.5, 0.6) is 11.6 Å². The molecule has 9 nitrogen and oxygen atoms in total. The smallest absolute Gasteiger partial charge is 0.305 e. The fourth-order valence-electron chi connectivity index (χ4n) is 5.31. The molecule has 0 N–H and O–H groups in total. The molecule has 2 aliphatic rings. The normalized spacial score (nSPS) is 17.0. The molecule has 41 heavy (non-hydrogen) atoms. The first-order valence-corrected chi connectivity index (χ1v) is 15.1. The Labute approximate surface area is 243 Å². The largest absolute Gasteiger partial charge is 0.486 e. The van der Waals surface area contributed by atoms with E-state index in [1.54, 1.807) is 41.9 Å². The number of aryl methyl sites for hydroxylation is 1. The highest BCUT2D eigenvalue weighted by molar-refractivity contribution is 7.93. The van der Waals surface area contributed by atoms with Crippen molar-refractivity contribution in [3.05, 3.63) is 64.1 Å². The molecule has 0 saturated heterocycles. The highest BCUT2D eigenvalue weighted by Crippen LogP contribution is 2.42. The summed E-state index contributed by atoms with van der Waals surface area (Å²) in [5, 5.41) is 4.70. The molecule has 0 fully saturated rings. The number of sulfonamides is 1. The van der Waals surface area contributed by atoms with Gasteiger partial charge in [-0.25, -0.2) is 12.8 Å². The summed E-state index contributed by atoms with van der Waals surface area (Å²) in [7, 11) is -1.47. The number of hydrogen-bond acceptors (Lipinski definition) is 7. The third-order valence-electron chi connectivity index (χ3n) is 7.31. The van der Waals surface area contributed by atoms with E-state index < -0.39 is 27.9 Å². The van der Waals surface area contributed by atoms with Crippen LogP contribution in [0, 0.1) is 5.82 Å². The van der Waals surface area contributed by atoms with Crippen molar-refractivity contribution in [2.45, 2.75) is 56.6 Å². The summed E-state index contributed by atoms with van der Waals surface area (Å²) in [5.74, 6) is -0.484. The summed E-state index contributed by atoms with van der Waals surface area (Å²) < 4.78 is 62.8. The van der Waals surface area contributed by atoms with Gasteiger partial charge in [0.25, 0.3) is 15.9 Å². The second kappa shape index (κ2) is 11.7. The lowest BCUT2D eigenvalue weighted by molar-refractivity contribution is -0.141. The Balaban J connectivity index is 1.60.